The highest BCUT2D eigenvalue weighted by molar-refractivity contribution is 5.80. The Kier molecular flexibility index (Phi) is 20.3. The number of carbonyl (C=O) groups is 2. The van der Waals surface area contributed by atoms with Crippen LogP contribution in [0.1, 0.15) is 95.5 Å². The van der Waals surface area contributed by atoms with E-state index in [0.717, 1.165) is 37.9 Å². The zero-order valence-corrected chi connectivity index (χ0v) is 33.0. The molecular formula is C42H66N4O5. The quantitative estimate of drug-likeness (QED) is 0.127. The fraction of sp³-hybridized carbons (Fsp3) is 0.548. The summed E-state index contributed by atoms with van der Waals surface area (Å²) in [6.45, 7) is 20.6. The molecule has 1 amide bonds. The average Bonchev–Trinajstić information content (AvgIpc) is 3.03. The van der Waals surface area contributed by atoms with E-state index < -0.39 is 17.6 Å². The molecule has 0 spiro atoms. The number of carbonyl (C=O) groups excluding carboxylic acids is 1. The third kappa shape index (κ3) is 18.9. The molecule has 0 radical (unpaired) electrons. The molecule has 1 atom stereocenters. The fourth-order valence-electron chi connectivity index (χ4n) is 5.39. The highest BCUT2D eigenvalue weighted by Crippen LogP contribution is 2.28. The van der Waals surface area contributed by atoms with Crippen LogP contribution in [-0.4, -0.2) is 70.4 Å². The van der Waals surface area contributed by atoms with Gasteiger partial charge in [0.15, 0.2) is 0 Å². The molecule has 1 aromatic heterocycles. The summed E-state index contributed by atoms with van der Waals surface area (Å²) in [5.74, 6) is -0.203. The van der Waals surface area contributed by atoms with Gasteiger partial charge in [-0.3, -0.25) is 14.4 Å². The molecule has 284 valence electrons. The van der Waals surface area contributed by atoms with Gasteiger partial charge in [-0.1, -0.05) is 75.7 Å². The van der Waals surface area contributed by atoms with Crippen molar-refractivity contribution in [1.29, 1.82) is 0 Å². The fourth-order valence-corrected chi connectivity index (χ4v) is 5.39. The van der Waals surface area contributed by atoms with Gasteiger partial charge in [0.1, 0.15) is 6.04 Å². The van der Waals surface area contributed by atoms with Gasteiger partial charge in [-0.2, -0.15) is 0 Å². The van der Waals surface area contributed by atoms with E-state index in [1.165, 1.54) is 32.4 Å². The first-order chi connectivity index (χ1) is 23.8. The number of pyridine rings is 1. The predicted octanol–water partition coefficient (Wildman–Crippen LogP) is 6.93. The largest absolute Gasteiger partial charge is 0.481 e. The van der Waals surface area contributed by atoms with Crippen LogP contribution < -0.4 is 16.6 Å². The van der Waals surface area contributed by atoms with Gasteiger partial charge in [-0.25, -0.2) is 0 Å². The zero-order valence-electron chi connectivity index (χ0n) is 33.0. The Morgan fingerprint density at radius 2 is 1.47 bits per heavy atom. The minimum absolute atomic E-state index is 0.0486. The average molecular weight is 707 g/mol. The number of aliphatic carboxylic acids is 1. The van der Waals surface area contributed by atoms with Crippen LogP contribution in [-0.2, 0) is 16.0 Å². The van der Waals surface area contributed by atoms with Crippen molar-refractivity contribution in [1.82, 2.24) is 14.8 Å². The predicted molar refractivity (Wildman–Crippen MR) is 211 cm³/mol. The molecule has 0 saturated heterocycles. The molecule has 0 bridgehead atoms. The van der Waals surface area contributed by atoms with Gasteiger partial charge in [0.05, 0.1) is 13.0 Å². The number of benzene rings is 2. The van der Waals surface area contributed by atoms with Gasteiger partial charge in [-0.15, -0.1) is 0 Å². The molecule has 0 aliphatic rings. The van der Waals surface area contributed by atoms with E-state index >= 15 is 0 Å². The minimum atomic E-state index is -0.964. The van der Waals surface area contributed by atoms with Crippen molar-refractivity contribution in [3.05, 3.63) is 93.4 Å². The maximum Gasteiger partial charge on any atom is 0.305 e. The molecule has 2 aromatic carbocycles. The first-order valence-electron chi connectivity index (χ1n) is 18.3. The molecule has 1 heterocycles. The van der Waals surface area contributed by atoms with E-state index in [1.807, 2.05) is 6.07 Å². The van der Waals surface area contributed by atoms with Crippen molar-refractivity contribution in [3.8, 4) is 11.1 Å². The van der Waals surface area contributed by atoms with E-state index in [9.17, 15) is 14.4 Å². The van der Waals surface area contributed by atoms with Gasteiger partial charge in [0.2, 0.25) is 5.91 Å². The summed E-state index contributed by atoms with van der Waals surface area (Å²) < 4.78 is 1.48. The maximum absolute atomic E-state index is 12.7. The molecule has 0 fully saturated rings. The van der Waals surface area contributed by atoms with E-state index in [4.69, 9.17) is 15.9 Å². The number of aliphatic hydroxyl groups excluding tert-OH is 1. The van der Waals surface area contributed by atoms with Crippen molar-refractivity contribution >= 4 is 11.9 Å². The van der Waals surface area contributed by atoms with Crippen LogP contribution in [0.2, 0.25) is 0 Å². The number of aliphatic hydroxyl groups is 1. The summed E-state index contributed by atoms with van der Waals surface area (Å²) >= 11 is 0. The lowest BCUT2D eigenvalue weighted by Crippen LogP contribution is -2.38. The first-order valence-corrected chi connectivity index (χ1v) is 18.3. The molecule has 5 N–H and O–H groups in total. The van der Waals surface area contributed by atoms with Crippen LogP contribution in [0.5, 0.6) is 0 Å². The number of nitrogens with two attached hydrogens (primary N) is 1. The van der Waals surface area contributed by atoms with Crippen molar-refractivity contribution in [2.75, 3.05) is 33.3 Å². The van der Waals surface area contributed by atoms with Crippen LogP contribution in [0.4, 0.5) is 0 Å². The van der Waals surface area contributed by atoms with Gasteiger partial charge < -0.3 is 30.7 Å². The molecule has 0 saturated carbocycles. The van der Waals surface area contributed by atoms with E-state index in [0.29, 0.717) is 18.3 Å². The molecule has 51 heavy (non-hydrogen) atoms. The van der Waals surface area contributed by atoms with Gasteiger partial charge in [-0.05, 0) is 120 Å². The van der Waals surface area contributed by atoms with Crippen LogP contribution in [0.25, 0.3) is 11.1 Å². The zero-order chi connectivity index (χ0) is 38.7. The summed E-state index contributed by atoms with van der Waals surface area (Å²) in [7, 11) is 2.09. The smallest absolute Gasteiger partial charge is 0.305 e. The molecular weight excluding hydrogens is 640 g/mol. The summed E-state index contributed by atoms with van der Waals surface area (Å²) in [6, 6.07) is 18.0. The van der Waals surface area contributed by atoms with Gasteiger partial charge in [0.25, 0.3) is 5.56 Å². The molecule has 3 aromatic rings. The number of carboxylic acid groups (broad SMARTS) is 1. The lowest BCUT2D eigenvalue weighted by molar-refractivity contribution is -0.137. The number of nitrogens with zero attached hydrogens (tertiary/aromatic N) is 2. The highest BCUT2D eigenvalue weighted by Gasteiger charge is 2.22. The second kappa shape index (κ2) is 22.9. The SMILES string of the molecule is CC(C)(N)CO.CC(C)CCC(C(=O)NCCC(=O)O)n1ccc(CCN(C)CCC(C)C)cc1=O.Cc1cc(C)c(-c2ccccc2)c(C)c1. The number of amides is 1. The molecule has 9 nitrogen and oxygen atoms in total. The second-order valence-electron chi connectivity index (χ2n) is 15.2. The number of nitrogens with one attached hydrogen (secondary N) is 1. The van der Waals surface area contributed by atoms with Crippen LogP contribution in [0.3, 0.4) is 0 Å². The number of hydrogen-bond acceptors (Lipinski definition) is 6. The highest BCUT2D eigenvalue weighted by atomic mass is 16.4. The Balaban J connectivity index is 0.000000506. The maximum atomic E-state index is 12.7. The molecule has 3 rings (SSSR count). The summed E-state index contributed by atoms with van der Waals surface area (Å²) in [5.41, 5.74) is 12.4. The molecule has 0 aliphatic heterocycles. The molecule has 0 aliphatic carbocycles. The Bertz CT molecular complexity index is 1500. The normalized spacial score (nSPS) is 11.8. The second-order valence-corrected chi connectivity index (χ2v) is 15.2. The van der Waals surface area contributed by atoms with Crippen molar-refractivity contribution < 1.29 is 19.8 Å². The van der Waals surface area contributed by atoms with Crippen LogP contribution in [0.15, 0.2) is 65.6 Å². The number of likely N-dealkylation sites (N-methyl/N-ethyl adjacent to an activating group) is 1. The van der Waals surface area contributed by atoms with E-state index in [-0.39, 0.29) is 31.0 Å². The van der Waals surface area contributed by atoms with Crippen molar-refractivity contribution in [2.24, 2.45) is 17.6 Å². The number of rotatable bonds is 16. The van der Waals surface area contributed by atoms with E-state index in [2.05, 4.69) is 108 Å². The van der Waals surface area contributed by atoms with Crippen LogP contribution >= 0.6 is 0 Å². The van der Waals surface area contributed by atoms with Crippen LogP contribution in [0, 0.1) is 32.6 Å². The molecule has 1 unspecified atom stereocenters. The lowest BCUT2D eigenvalue weighted by Gasteiger charge is -2.21. The number of aromatic nitrogens is 1. The minimum Gasteiger partial charge on any atom is -0.481 e. The van der Waals surface area contributed by atoms with Crippen molar-refractivity contribution in [2.45, 2.75) is 106 Å². The van der Waals surface area contributed by atoms with Crippen molar-refractivity contribution in [3.63, 3.8) is 0 Å². The Morgan fingerprint density at radius 3 is 1.96 bits per heavy atom. The Labute approximate surface area is 307 Å². The number of aryl methyl sites for hydroxylation is 3. The monoisotopic (exact) mass is 707 g/mol. The van der Waals surface area contributed by atoms with E-state index in [1.54, 1.807) is 26.1 Å². The third-order valence-electron chi connectivity index (χ3n) is 8.32. The number of hydrogen-bond donors (Lipinski definition) is 4. The topological polar surface area (TPSA) is 138 Å². The Morgan fingerprint density at radius 1 is 0.902 bits per heavy atom. The van der Waals surface area contributed by atoms with Gasteiger partial charge >= 0.3 is 5.97 Å². The first kappa shape index (κ1) is 45.2. The summed E-state index contributed by atoms with van der Waals surface area (Å²) in [5, 5.41) is 19.7. The summed E-state index contributed by atoms with van der Waals surface area (Å²) in [6.07, 6.45) is 4.83. The lowest BCUT2D eigenvalue weighted by atomic mass is 9.94. The number of carboxylic acids is 1. The third-order valence-corrected chi connectivity index (χ3v) is 8.32. The summed E-state index contributed by atoms with van der Waals surface area (Å²) in [4.78, 5) is 38.4. The van der Waals surface area contributed by atoms with Gasteiger partial charge in [0, 0.05) is 30.9 Å². The molecule has 9 heteroatoms. The standard InChI is InChI=1S/C23H39N3O4.C15H16.C4H11NO/c1-17(2)6-7-20(23(30)24-12-8-22(28)29)26-15-11-19(16-21(26)27)10-14-25(5)13-9-18(3)4;1-11-9-12(2)15(13(3)10-11)14-7-5-4-6-8-14;1-4(2,5)3-6/h11,15-18,20H,6-10,12-14H2,1-5H3,(H,24,30)(H,28,29);4-10H,1-3H3;6H,3,5H2,1-2H3. The Hall–Kier alpha value is -3.79.